The fraction of sp³-hybridized carbons (Fsp3) is 0.577. The Morgan fingerprint density at radius 2 is 1.91 bits per heavy atom. The number of nitro groups is 1. The first-order chi connectivity index (χ1) is 16.1. The molecule has 1 aromatic carbocycles. The molecule has 1 aliphatic carbocycles. The number of benzene rings is 1. The smallest absolute Gasteiger partial charge is 0.293 e. The first-order valence-corrected chi connectivity index (χ1v) is 15.2. The maximum atomic E-state index is 11.7. The van der Waals surface area contributed by atoms with Crippen molar-refractivity contribution in [1.82, 2.24) is 10.3 Å². The molecule has 4 rings (SSSR count). The quantitative estimate of drug-likeness (QED) is 0.291. The van der Waals surface area contributed by atoms with Crippen molar-refractivity contribution in [2.24, 2.45) is 5.92 Å². The Hall–Kier alpha value is -2.13. The fourth-order valence-corrected chi connectivity index (χ4v) is 5.79. The largest absolute Gasteiger partial charge is 0.410 e. The molecule has 4 unspecified atom stereocenters. The van der Waals surface area contributed by atoms with Gasteiger partial charge in [-0.3, -0.25) is 15.1 Å². The summed E-state index contributed by atoms with van der Waals surface area (Å²) in [7, 11) is -2.07. The molecule has 1 aliphatic heterocycles. The Morgan fingerprint density at radius 1 is 1.21 bits per heavy atom. The molecule has 2 aliphatic rings. The Balaban J connectivity index is 1.66. The zero-order valence-corrected chi connectivity index (χ0v) is 21.9. The molecule has 2 aromatic rings. The minimum atomic E-state index is -2.07. The molecule has 0 bridgehead atoms. The predicted molar refractivity (Wildman–Crippen MR) is 135 cm³/mol. The second-order valence-electron chi connectivity index (χ2n) is 11.2. The van der Waals surface area contributed by atoms with Gasteiger partial charge in [-0.2, -0.15) is 0 Å². The SMILES string of the molecule is CC(C)(C)[Si](C)(C)OC1C(NCc2ccccc2)CC(c2ccncc2[N+](=O)[O-])OC1C1CC1. The van der Waals surface area contributed by atoms with Gasteiger partial charge in [-0.25, -0.2) is 0 Å². The lowest BCUT2D eigenvalue weighted by Gasteiger charge is -2.48. The lowest BCUT2D eigenvalue weighted by Crippen LogP contribution is -2.59. The summed E-state index contributed by atoms with van der Waals surface area (Å²) in [6.07, 6.45) is 5.22. The summed E-state index contributed by atoms with van der Waals surface area (Å²) in [5.74, 6) is 0.430. The number of hydrogen-bond acceptors (Lipinski definition) is 6. The number of hydrogen-bond donors (Lipinski definition) is 1. The van der Waals surface area contributed by atoms with Crippen molar-refractivity contribution in [2.45, 2.75) is 89.1 Å². The Morgan fingerprint density at radius 3 is 2.53 bits per heavy atom. The number of nitrogens with one attached hydrogen (secondary N) is 1. The molecule has 2 heterocycles. The molecular formula is C26H37N3O4Si. The molecule has 1 aromatic heterocycles. The van der Waals surface area contributed by atoms with Gasteiger partial charge in [0.25, 0.3) is 5.69 Å². The third-order valence-corrected chi connectivity index (χ3v) is 12.1. The van der Waals surface area contributed by atoms with E-state index in [0.717, 1.165) is 12.8 Å². The van der Waals surface area contributed by atoms with Gasteiger partial charge in [-0.15, -0.1) is 0 Å². The molecule has 8 heteroatoms. The van der Waals surface area contributed by atoms with E-state index in [1.807, 2.05) is 18.2 Å². The minimum Gasteiger partial charge on any atom is -0.410 e. The van der Waals surface area contributed by atoms with Crippen LogP contribution in [0.3, 0.4) is 0 Å². The lowest BCUT2D eigenvalue weighted by atomic mass is 9.89. The summed E-state index contributed by atoms with van der Waals surface area (Å²) < 4.78 is 13.7. The van der Waals surface area contributed by atoms with Crippen LogP contribution >= 0.6 is 0 Å². The number of rotatable bonds is 8. The Bertz CT molecular complexity index is 991. The number of aromatic nitrogens is 1. The van der Waals surface area contributed by atoms with Gasteiger partial charge in [0.05, 0.1) is 28.8 Å². The maximum absolute atomic E-state index is 11.7. The Kier molecular flexibility index (Phi) is 7.24. The van der Waals surface area contributed by atoms with Gasteiger partial charge < -0.3 is 14.5 Å². The van der Waals surface area contributed by atoms with Crippen LogP contribution in [0.5, 0.6) is 0 Å². The highest BCUT2D eigenvalue weighted by molar-refractivity contribution is 6.74. The van der Waals surface area contributed by atoms with Gasteiger partial charge in [0.15, 0.2) is 8.32 Å². The average molecular weight is 484 g/mol. The van der Waals surface area contributed by atoms with E-state index < -0.39 is 8.32 Å². The van der Waals surface area contributed by atoms with Crippen LogP contribution in [0.25, 0.3) is 0 Å². The predicted octanol–water partition coefficient (Wildman–Crippen LogP) is 5.78. The van der Waals surface area contributed by atoms with Gasteiger partial charge in [0.1, 0.15) is 6.20 Å². The molecule has 1 saturated heterocycles. The lowest BCUT2D eigenvalue weighted by molar-refractivity contribution is -0.386. The first-order valence-electron chi connectivity index (χ1n) is 12.3. The van der Waals surface area contributed by atoms with Crippen LogP contribution in [0.1, 0.15) is 57.3 Å². The van der Waals surface area contributed by atoms with Crippen molar-refractivity contribution in [3.8, 4) is 0 Å². The highest BCUT2D eigenvalue weighted by atomic mass is 28.4. The summed E-state index contributed by atoms with van der Waals surface area (Å²) in [5, 5.41) is 15.6. The molecule has 0 amide bonds. The second kappa shape index (κ2) is 9.85. The molecule has 34 heavy (non-hydrogen) atoms. The third-order valence-electron chi connectivity index (χ3n) is 7.62. The normalized spacial score (nSPS) is 25.8. The summed E-state index contributed by atoms with van der Waals surface area (Å²) in [6.45, 7) is 12.0. The highest BCUT2D eigenvalue weighted by Crippen LogP contribution is 2.47. The fourth-order valence-electron chi connectivity index (χ4n) is 4.45. The minimum absolute atomic E-state index is 0.0199. The van der Waals surface area contributed by atoms with E-state index in [1.54, 1.807) is 12.3 Å². The van der Waals surface area contributed by atoms with Gasteiger partial charge in [0, 0.05) is 18.8 Å². The number of pyridine rings is 1. The van der Waals surface area contributed by atoms with Crippen molar-refractivity contribution in [3.63, 3.8) is 0 Å². The van der Waals surface area contributed by atoms with Crippen LogP contribution in [0.15, 0.2) is 48.8 Å². The Labute approximate surface area is 203 Å². The molecular weight excluding hydrogens is 446 g/mol. The molecule has 1 saturated carbocycles. The van der Waals surface area contributed by atoms with E-state index in [1.165, 1.54) is 11.8 Å². The summed E-state index contributed by atoms with van der Waals surface area (Å²) in [5.41, 5.74) is 1.82. The van der Waals surface area contributed by atoms with Crippen LogP contribution in [-0.2, 0) is 15.7 Å². The van der Waals surface area contributed by atoms with Crippen LogP contribution in [-0.4, -0.2) is 36.5 Å². The zero-order chi connectivity index (χ0) is 24.5. The number of ether oxygens (including phenoxy) is 1. The molecule has 1 N–H and O–H groups in total. The topological polar surface area (TPSA) is 86.5 Å². The first kappa shape index (κ1) is 25.0. The van der Waals surface area contributed by atoms with E-state index in [4.69, 9.17) is 9.16 Å². The van der Waals surface area contributed by atoms with Crippen molar-refractivity contribution in [3.05, 3.63) is 70.0 Å². The van der Waals surface area contributed by atoms with Crippen molar-refractivity contribution >= 4 is 14.0 Å². The van der Waals surface area contributed by atoms with Gasteiger partial charge >= 0.3 is 0 Å². The van der Waals surface area contributed by atoms with Crippen LogP contribution < -0.4 is 5.32 Å². The third kappa shape index (κ3) is 5.57. The molecule has 184 valence electrons. The maximum Gasteiger partial charge on any atom is 0.293 e. The summed E-state index contributed by atoms with van der Waals surface area (Å²) in [4.78, 5) is 15.3. The van der Waals surface area contributed by atoms with Crippen LogP contribution in [0.2, 0.25) is 18.1 Å². The summed E-state index contributed by atoms with van der Waals surface area (Å²) >= 11 is 0. The van der Waals surface area contributed by atoms with E-state index in [0.29, 0.717) is 24.4 Å². The van der Waals surface area contributed by atoms with E-state index in [9.17, 15) is 10.1 Å². The standard InChI is InChI=1S/C26H37N3O4Si/c1-26(2,3)34(4,5)33-25-21(28-16-18-9-7-6-8-10-18)15-23(32-24(25)19-11-12-19)20-13-14-27-17-22(20)29(30)31/h6-10,13-14,17,19,21,23-25,28H,11-12,15-16H2,1-5H3. The van der Waals surface area contributed by atoms with E-state index in [2.05, 4.69) is 56.3 Å². The monoisotopic (exact) mass is 483 g/mol. The molecule has 0 radical (unpaired) electrons. The zero-order valence-electron chi connectivity index (χ0n) is 20.9. The average Bonchev–Trinajstić information content (AvgIpc) is 3.63. The van der Waals surface area contributed by atoms with Crippen molar-refractivity contribution in [2.75, 3.05) is 0 Å². The molecule has 2 fully saturated rings. The van der Waals surface area contributed by atoms with Gasteiger partial charge in [-0.05, 0) is 54.9 Å². The molecule has 7 nitrogen and oxygen atoms in total. The molecule has 4 atom stereocenters. The number of nitrogens with zero attached hydrogens (tertiary/aromatic N) is 2. The van der Waals surface area contributed by atoms with Gasteiger partial charge in [-0.1, -0.05) is 51.1 Å². The van der Waals surface area contributed by atoms with Crippen molar-refractivity contribution in [1.29, 1.82) is 0 Å². The highest BCUT2D eigenvalue weighted by Gasteiger charge is 2.51. The van der Waals surface area contributed by atoms with E-state index >= 15 is 0 Å². The van der Waals surface area contributed by atoms with E-state index in [-0.39, 0.29) is 40.0 Å². The molecule has 0 spiro atoms. The van der Waals surface area contributed by atoms with Gasteiger partial charge in [0.2, 0.25) is 0 Å². The van der Waals surface area contributed by atoms with Crippen LogP contribution in [0, 0.1) is 16.0 Å². The van der Waals surface area contributed by atoms with Crippen molar-refractivity contribution < 1.29 is 14.1 Å². The summed E-state index contributed by atoms with van der Waals surface area (Å²) in [6, 6.07) is 12.1. The van der Waals surface area contributed by atoms with Crippen LogP contribution in [0.4, 0.5) is 5.69 Å². The second-order valence-corrected chi connectivity index (χ2v) is 15.9.